The highest BCUT2D eigenvalue weighted by Gasteiger charge is 2.38. The SMILES string of the molecule is C[C@]1(O)CCN(C(=O)c2cnc3c(c2)CCC3)C[C@@H]1O. The summed E-state index contributed by atoms with van der Waals surface area (Å²) in [5, 5.41) is 19.8. The summed E-state index contributed by atoms with van der Waals surface area (Å²) in [7, 11) is 0. The van der Waals surface area contributed by atoms with Crippen LogP contribution in [-0.4, -0.2) is 50.8 Å². The highest BCUT2D eigenvalue weighted by molar-refractivity contribution is 5.94. The number of aryl methyl sites for hydroxylation is 2. The molecular weight excluding hydrogens is 256 g/mol. The highest BCUT2D eigenvalue weighted by atomic mass is 16.3. The second kappa shape index (κ2) is 4.82. The van der Waals surface area contributed by atoms with Crippen LogP contribution in [-0.2, 0) is 12.8 Å². The number of amides is 1. The van der Waals surface area contributed by atoms with Gasteiger partial charge in [0, 0.05) is 25.0 Å². The molecule has 5 heteroatoms. The van der Waals surface area contributed by atoms with Gasteiger partial charge in [0.25, 0.3) is 5.91 Å². The summed E-state index contributed by atoms with van der Waals surface area (Å²) in [6.07, 6.45) is 4.20. The van der Waals surface area contributed by atoms with Crippen LogP contribution in [0.25, 0.3) is 0 Å². The van der Waals surface area contributed by atoms with E-state index in [1.807, 2.05) is 6.07 Å². The van der Waals surface area contributed by atoms with Gasteiger partial charge in [0.1, 0.15) is 0 Å². The summed E-state index contributed by atoms with van der Waals surface area (Å²) < 4.78 is 0. The van der Waals surface area contributed by atoms with Gasteiger partial charge in [-0.3, -0.25) is 9.78 Å². The van der Waals surface area contributed by atoms with Gasteiger partial charge in [-0.15, -0.1) is 0 Å². The number of nitrogens with zero attached hydrogens (tertiary/aromatic N) is 2. The summed E-state index contributed by atoms with van der Waals surface area (Å²) >= 11 is 0. The van der Waals surface area contributed by atoms with Crippen LogP contribution < -0.4 is 0 Å². The van der Waals surface area contributed by atoms with Crippen molar-refractivity contribution in [2.75, 3.05) is 13.1 Å². The van der Waals surface area contributed by atoms with Gasteiger partial charge < -0.3 is 15.1 Å². The molecule has 2 atom stereocenters. The number of fused-ring (bicyclic) bond motifs is 1. The lowest BCUT2D eigenvalue weighted by Crippen LogP contribution is -2.55. The summed E-state index contributed by atoms with van der Waals surface area (Å²) in [6.45, 7) is 2.24. The Hall–Kier alpha value is -1.46. The van der Waals surface area contributed by atoms with Crippen molar-refractivity contribution in [2.24, 2.45) is 0 Å². The van der Waals surface area contributed by atoms with E-state index < -0.39 is 11.7 Å². The number of piperidine rings is 1. The molecule has 20 heavy (non-hydrogen) atoms. The van der Waals surface area contributed by atoms with Gasteiger partial charge in [-0.2, -0.15) is 0 Å². The van der Waals surface area contributed by atoms with E-state index >= 15 is 0 Å². The Morgan fingerprint density at radius 2 is 2.30 bits per heavy atom. The first kappa shape index (κ1) is 13.5. The number of hydrogen-bond acceptors (Lipinski definition) is 4. The molecule has 0 bridgehead atoms. The molecule has 1 amide bonds. The van der Waals surface area contributed by atoms with E-state index in [9.17, 15) is 15.0 Å². The highest BCUT2D eigenvalue weighted by Crippen LogP contribution is 2.25. The van der Waals surface area contributed by atoms with Crippen molar-refractivity contribution in [2.45, 2.75) is 44.3 Å². The minimum Gasteiger partial charge on any atom is -0.388 e. The first-order chi connectivity index (χ1) is 9.47. The lowest BCUT2D eigenvalue weighted by molar-refractivity contribution is -0.0999. The molecule has 1 aliphatic heterocycles. The quantitative estimate of drug-likeness (QED) is 0.784. The Labute approximate surface area is 118 Å². The van der Waals surface area contributed by atoms with E-state index in [0.29, 0.717) is 18.5 Å². The van der Waals surface area contributed by atoms with E-state index in [0.717, 1.165) is 25.0 Å². The average Bonchev–Trinajstić information content (AvgIpc) is 2.88. The number of rotatable bonds is 1. The fourth-order valence-corrected chi connectivity index (χ4v) is 2.94. The molecule has 0 spiro atoms. The van der Waals surface area contributed by atoms with Crippen molar-refractivity contribution in [3.8, 4) is 0 Å². The van der Waals surface area contributed by atoms with Crippen LogP contribution in [0.1, 0.15) is 41.4 Å². The maximum Gasteiger partial charge on any atom is 0.255 e. The van der Waals surface area contributed by atoms with E-state index in [-0.39, 0.29) is 12.5 Å². The number of hydrogen-bond donors (Lipinski definition) is 2. The average molecular weight is 276 g/mol. The van der Waals surface area contributed by atoms with Crippen LogP contribution in [0.2, 0.25) is 0 Å². The molecule has 2 N–H and O–H groups in total. The predicted molar refractivity (Wildman–Crippen MR) is 73.4 cm³/mol. The van der Waals surface area contributed by atoms with Crippen molar-refractivity contribution in [3.63, 3.8) is 0 Å². The number of β-amino-alcohol motifs (C(OH)–C–C–N with tert-alkyl or cyclic N) is 1. The van der Waals surface area contributed by atoms with E-state index in [1.54, 1.807) is 18.0 Å². The first-order valence-electron chi connectivity index (χ1n) is 7.15. The molecular formula is C15H20N2O3. The largest absolute Gasteiger partial charge is 0.388 e. The van der Waals surface area contributed by atoms with Crippen LogP contribution >= 0.6 is 0 Å². The number of carbonyl (C=O) groups excluding carboxylic acids is 1. The monoisotopic (exact) mass is 276 g/mol. The molecule has 0 unspecified atom stereocenters. The van der Waals surface area contributed by atoms with Gasteiger partial charge in [0.15, 0.2) is 0 Å². The Balaban J connectivity index is 1.76. The van der Waals surface area contributed by atoms with Gasteiger partial charge in [0.2, 0.25) is 0 Å². The molecule has 0 radical (unpaired) electrons. The lowest BCUT2D eigenvalue weighted by Gasteiger charge is -2.39. The van der Waals surface area contributed by atoms with Crippen molar-refractivity contribution in [1.29, 1.82) is 0 Å². The Morgan fingerprint density at radius 1 is 1.50 bits per heavy atom. The molecule has 1 aliphatic carbocycles. The van der Waals surface area contributed by atoms with Crippen molar-refractivity contribution in [1.82, 2.24) is 9.88 Å². The minimum atomic E-state index is -1.10. The van der Waals surface area contributed by atoms with Crippen molar-refractivity contribution in [3.05, 3.63) is 29.1 Å². The molecule has 2 heterocycles. The van der Waals surface area contributed by atoms with Gasteiger partial charge >= 0.3 is 0 Å². The second-order valence-corrected chi connectivity index (χ2v) is 6.06. The molecule has 108 valence electrons. The van der Waals surface area contributed by atoms with Crippen LogP contribution in [0, 0.1) is 0 Å². The minimum absolute atomic E-state index is 0.109. The molecule has 1 aromatic rings. The van der Waals surface area contributed by atoms with E-state index in [1.165, 1.54) is 5.56 Å². The summed E-state index contributed by atoms with van der Waals surface area (Å²) in [4.78, 5) is 18.4. The Bertz CT molecular complexity index is 542. The molecule has 5 nitrogen and oxygen atoms in total. The second-order valence-electron chi connectivity index (χ2n) is 6.06. The Morgan fingerprint density at radius 3 is 3.05 bits per heavy atom. The van der Waals surface area contributed by atoms with E-state index in [4.69, 9.17) is 0 Å². The van der Waals surface area contributed by atoms with Crippen LogP contribution in [0.4, 0.5) is 0 Å². The topological polar surface area (TPSA) is 73.7 Å². The van der Waals surface area contributed by atoms with Crippen molar-refractivity contribution < 1.29 is 15.0 Å². The van der Waals surface area contributed by atoms with Crippen LogP contribution in [0.3, 0.4) is 0 Å². The molecule has 1 saturated heterocycles. The van der Waals surface area contributed by atoms with Gasteiger partial charge in [-0.05, 0) is 44.2 Å². The number of aliphatic hydroxyl groups excluding tert-OH is 1. The van der Waals surface area contributed by atoms with Gasteiger partial charge in [0.05, 0.1) is 17.3 Å². The third kappa shape index (κ3) is 2.31. The maximum atomic E-state index is 12.4. The first-order valence-corrected chi connectivity index (χ1v) is 7.15. The number of aliphatic hydroxyl groups is 2. The molecule has 0 saturated carbocycles. The van der Waals surface area contributed by atoms with Crippen molar-refractivity contribution >= 4 is 5.91 Å². The third-order valence-electron chi connectivity index (χ3n) is 4.45. The molecule has 1 aromatic heterocycles. The van der Waals surface area contributed by atoms with Gasteiger partial charge in [-0.1, -0.05) is 0 Å². The smallest absolute Gasteiger partial charge is 0.255 e. The summed E-state index contributed by atoms with van der Waals surface area (Å²) in [6, 6.07) is 1.93. The zero-order valence-electron chi connectivity index (χ0n) is 11.7. The Kier molecular flexibility index (Phi) is 3.26. The number of pyridine rings is 1. The molecule has 2 aliphatic rings. The number of aromatic nitrogens is 1. The third-order valence-corrected chi connectivity index (χ3v) is 4.45. The molecule has 1 fully saturated rings. The van der Waals surface area contributed by atoms with Gasteiger partial charge in [-0.25, -0.2) is 0 Å². The number of carbonyl (C=O) groups is 1. The van der Waals surface area contributed by atoms with Crippen LogP contribution in [0.15, 0.2) is 12.3 Å². The number of likely N-dealkylation sites (tertiary alicyclic amines) is 1. The van der Waals surface area contributed by atoms with E-state index in [2.05, 4.69) is 4.98 Å². The normalized spacial score (nSPS) is 29.4. The fourth-order valence-electron chi connectivity index (χ4n) is 2.94. The molecule has 3 rings (SSSR count). The molecule has 0 aromatic carbocycles. The standard InChI is InChI=1S/C15H20N2O3/c1-15(20)5-6-17(9-13(15)18)14(19)11-7-10-3-2-4-12(10)16-8-11/h7-8,13,18,20H,2-6,9H2,1H3/t13-,15-/m0/s1. The maximum absolute atomic E-state index is 12.4. The predicted octanol–water partition coefficient (Wildman–Crippen LogP) is 0.528. The summed E-state index contributed by atoms with van der Waals surface area (Å²) in [5.74, 6) is -0.109. The lowest BCUT2D eigenvalue weighted by atomic mass is 9.90. The zero-order valence-corrected chi connectivity index (χ0v) is 11.7. The zero-order chi connectivity index (χ0) is 14.3. The fraction of sp³-hybridized carbons (Fsp3) is 0.600. The summed E-state index contributed by atoms with van der Waals surface area (Å²) in [5.41, 5.74) is 1.75. The van der Waals surface area contributed by atoms with Crippen LogP contribution in [0.5, 0.6) is 0 Å².